The number of hydrogen-bond acceptors (Lipinski definition) is 1. The van der Waals surface area contributed by atoms with Crippen molar-refractivity contribution in [2.75, 3.05) is 0 Å². The van der Waals surface area contributed by atoms with Gasteiger partial charge < -0.3 is 0 Å². The second-order valence-corrected chi connectivity index (χ2v) is 4.93. The zero-order valence-corrected chi connectivity index (χ0v) is 10.5. The summed E-state index contributed by atoms with van der Waals surface area (Å²) in [5.41, 5.74) is 2.32. The molecule has 3 rings (SSSR count). The van der Waals surface area contributed by atoms with E-state index in [1.165, 1.54) is 21.7 Å². The highest BCUT2D eigenvalue weighted by Crippen LogP contribution is 2.26. The molecule has 1 nitrogen and oxygen atoms in total. The van der Waals surface area contributed by atoms with Crippen molar-refractivity contribution in [1.29, 1.82) is 0 Å². The first kappa shape index (κ1) is 9.79. The van der Waals surface area contributed by atoms with Crippen LogP contribution in [0.1, 0.15) is 5.56 Å². The first-order chi connectivity index (χ1) is 7.74. The lowest BCUT2D eigenvalue weighted by molar-refractivity contribution is 1.43. The van der Waals surface area contributed by atoms with Crippen LogP contribution in [-0.2, 0) is 0 Å². The Hall–Kier alpha value is -1.41. The minimum Gasteiger partial charge on any atom is -0.256 e. The number of pyridine rings is 1. The van der Waals surface area contributed by atoms with E-state index in [0.29, 0.717) is 0 Å². The SMILES string of the molecule is Cc1ccc2cnc3cc(Br)ccc3c2c1. The average Bonchev–Trinajstić information content (AvgIpc) is 2.28. The van der Waals surface area contributed by atoms with Crippen molar-refractivity contribution in [3.63, 3.8) is 0 Å². The lowest BCUT2D eigenvalue weighted by Gasteiger charge is -2.04. The van der Waals surface area contributed by atoms with Crippen molar-refractivity contribution in [3.8, 4) is 0 Å². The molecule has 0 saturated carbocycles. The summed E-state index contributed by atoms with van der Waals surface area (Å²) in [5, 5.41) is 3.68. The van der Waals surface area contributed by atoms with E-state index in [0.717, 1.165) is 9.99 Å². The van der Waals surface area contributed by atoms with E-state index in [4.69, 9.17) is 0 Å². The molecule has 2 heteroatoms. The zero-order valence-electron chi connectivity index (χ0n) is 8.87. The van der Waals surface area contributed by atoms with Crippen molar-refractivity contribution < 1.29 is 0 Å². The van der Waals surface area contributed by atoms with E-state index in [1.807, 2.05) is 6.20 Å². The normalized spacial score (nSPS) is 11.1. The van der Waals surface area contributed by atoms with Crippen molar-refractivity contribution in [2.45, 2.75) is 6.92 Å². The number of hydrogen-bond donors (Lipinski definition) is 0. The Morgan fingerprint density at radius 2 is 1.88 bits per heavy atom. The van der Waals surface area contributed by atoms with Gasteiger partial charge in [0.2, 0.25) is 0 Å². The minimum atomic E-state index is 1.03. The number of nitrogens with zero attached hydrogens (tertiary/aromatic N) is 1. The predicted octanol–water partition coefficient (Wildman–Crippen LogP) is 4.46. The Bertz CT molecular complexity index is 689. The van der Waals surface area contributed by atoms with Gasteiger partial charge in [0.1, 0.15) is 0 Å². The van der Waals surface area contributed by atoms with Crippen LogP contribution in [0.4, 0.5) is 0 Å². The Morgan fingerprint density at radius 3 is 2.75 bits per heavy atom. The van der Waals surface area contributed by atoms with Crippen molar-refractivity contribution in [3.05, 3.63) is 52.6 Å². The molecule has 0 aliphatic carbocycles. The maximum Gasteiger partial charge on any atom is 0.0719 e. The van der Waals surface area contributed by atoms with E-state index >= 15 is 0 Å². The Balaban J connectivity index is 2.52. The average molecular weight is 272 g/mol. The predicted molar refractivity (Wildman–Crippen MR) is 71.7 cm³/mol. The largest absolute Gasteiger partial charge is 0.256 e. The molecule has 1 aromatic heterocycles. The van der Waals surface area contributed by atoms with Gasteiger partial charge in [0, 0.05) is 21.4 Å². The number of aromatic nitrogens is 1. The highest BCUT2D eigenvalue weighted by atomic mass is 79.9. The Morgan fingerprint density at radius 1 is 1.00 bits per heavy atom. The molecular formula is C14H10BrN. The molecule has 1 heterocycles. The first-order valence-corrected chi connectivity index (χ1v) is 5.98. The van der Waals surface area contributed by atoms with Crippen LogP contribution in [0, 0.1) is 6.92 Å². The van der Waals surface area contributed by atoms with E-state index in [-0.39, 0.29) is 0 Å². The number of aryl methyl sites for hydroxylation is 1. The third-order valence-corrected chi connectivity index (χ3v) is 3.29. The minimum absolute atomic E-state index is 1.03. The van der Waals surface area contributed by atoms with E-state index in [2.05, 4.69) is 64.2 Å². The smallest absolute Gasteiger partial charge is 0.0719 e. The maximum atomic E-state index is 4.47. The zero-order chi connectivity index (χ0) is 11.1. The summed E-state index contributed by atoms with van der Waals surface area (Å²) in [7, 11) is 0. The molecule has 0 saturated heterocycles. The number of halogens is 1. The molecule has 3 aromatic rings. The maximum absolute atomic E-state index is 4.47. The van der Waals surface area contributed by atoms with Gasteiger partial charge in [0.05, 0.1) is 5.52 Å². The Labute approximate surface area is 102 Å². The van der Waals surface area contributed by atoms with E-state index in [9.17, 15) is 0 Å². The quantitative estimate of drug-likeness (QED) is 0.550. The Kier molecular flexibility index (Phi) is 2.18. The third-order valence-electron chi connectivity index (χ3n) is 2.80. The molecule has 0 N–H and O–H groups in total. The van der Waals surface area contributed by atoms with Crippen LogP contribution in [0.25, 0.3) is 21.7 Å². The van der Waals surface area contributed by atoms with Crippen LogP contribution in [-0.4, -0.2) is 4.98 Å². The lowest BCUT2D eigenvalue weighted by Crippen LogP contribution is -1.83. The van der Waals surface area contributed by atoms with Crippen LogP contribution >= 0.6 is 15.9 Å². The van der Waals surface area contributed by atoms with Gasteiger partial charge in [-0.15, -0.1) is 0 Å². The number of benzene rings is 2. The molecule has 0 fully saturated rings. The molecule has 78 valence electrons. The highest BCUT2D eigenvalue weighted by Gasteiger charge is 2.02. The molecule has 0 spiro atoms. The van der Waals surface area contributed by atoms with Crippen LogP contribution in [0.5, 0.6) is 0 Å². The third kappa shape index (κ3) is 1.50. The summed E-state index contributed by atoms with van der Waals surface area (Å²) in [5.74, 6) is 0. The van der Waals surface area contributed by atoms with E-state index < -0.39 is 0 Å². The lowest BCUT2D eigenvalue weighted by atomic mass is 10.0. The fourth-order valence-corrected chi connectivity index (χ4v) is 2.34. The second kappa shape index (κ2) is 3.56. The van der Waals surface area contributed by atoms with Gasteiger partial charge in [-0.05, 0) is 24.4 Å². The molecule has 0 radical (unpaired) electrons. The van der Waals surface area contributed by atoms with Gasteiger partial charge in [-0.2, -0.15) is 0 Å². The molecule has 0 unspecified atom stereocenters. The first-order valence-electron chi connectivity index (χ1n) is 5.19. The summed E-state index contributed by atoms with van der Waals surface area (Å²) in [6, 6.07) is 12.7. The molecule has 0 amide bonds. The van der Waals surface area contributed by atoms with Crippen molar-refractivity contribution in [1.82, 2.24) is 4.98 Å². The van der Waals surface area contributed by atoms with Gasteiger partial charge in [0.25, 0.3) is 0 Å². The molecule has 2 aromatic carbocycles. The molecule has 0 bridgehead atoms. The van der Waals surface area contributed by atoms with Crippen LogP contribution < -0.4 is 0 Å². The van der Waals surface area contributed by atoms with Crippen LogP contribution in [0.2, 0.25) is 0 Å². The van der Waals surface area contributed by atoms with E-state index in [1.54, 1.807) is 0 Å². The topological polar surface area (TPSA) is 12.9 Å². The summed E-state index contributed by atoms with van der Waals surface area (Å²) in [6.45, 7) is 2.12. The fraction of sp³-hybridized carbons (Fsp3) is 0.0714. The van der Waals surface area contributed by atoms with Gasteiger partial charge in [0.15, 0.2) is 0 Å². The summed E-state index contributed by atoms with van der Waals surface area (Å²) >= 11 is 3.47. The monoisotopic (exact) mass is 271 g/mol. The highest BCUT2D eigenvalue weighted by molar-refractivity contribution is 9.10. The molecular weight excluding hydrogens is 262 g/mol. The standard InChI is InChI=1S/C14H10BrN/c1-9-2-3-10-8-16-14-7-11(15)4-5-12(14)13(10)6-9/h2-8H,1H3. The molecule has 0 atom stereocenters. The molecule has 16 heavy (non-hydrogen) atoms. The van der Waals surface area contributed by atoms with Crippen LogP contribution in [0.15, 0.2) is 47.1 Å². The summed E-state index contributed by atoms with van der Waals surface area (Å²) in [4.78, 5) is 4.47. The van der Waals surface area contributed by atoms with Gasteiger partial charge >= 0.3 is 0 Å². The fourth-order valence-electron chi connectivity index (χ4n) is 1.99. The van der Waals surface area contributed by atoms with Gasteiger partial charge in [-0.25, -0.2) is 0 Å². The van der Waals surface area contributed by atoms with Gasteiger partial charge in [-0.3, -0.25) is 4.98 Å². The molecule has 0 aliphatic heterocycles. The summed E-state index contributed by atoms with van der Waals surface area (Å²) in [6.07, 6.45) is 1.93. The van der Waals surface area contributed by atoms with Crippen molar-refractivity contribution in [2.24, 2.45) is 0 Å². The number of fused-ring (bicyclic) bond motifs is 3. The number of rotatable bonds is 0. The van der Waals surface area contributed by atoms with Crippen molar-refractivity contribution >= 4 is 37.6 Å². The van der Waals surface area contributed by atoms with Crippen LogP contribution in [0.3, 0.4) is 0 Å². The van der Waals surface area contributed by atoms with Gasteiger partial charge in [-0.1, -0.05) is 45.8 Å². The second-order valence-electron chi connectivity index (χ2n) is 4.01. The summed E-state index contributed by atoms with van der Waals surface area (Å²) < 4.78 is 1.07. The molecule has 0 aliphatic rings.